The highest BCUT2D eigenvalue weighted by molar-refractivity contribution is 5.84. The van der Waals surface area contributed by atoms with Gasteiger partial charge in [0, 0.05) is 13.1 Å². The molecule has 0 aromatic carbocycles. The van der Waals surface area contributed by atoms with Crippen molar-refractivity contribution in [3.05, 3.63) is 23.7 Å². The predicted octanol–water partition coefficient (Wildman–Crippen LogP) is 1.53. The van der Waals surface area contributed by atoms with Gasteiger partial charge in [-0.05, 0) is 40.2 Å². The molecule has 0 fully saturated rings. The maximum absolute atomic E-state index is 10.7. The van der Waals surface area contributed by atoms with Crippen LogP contribution in [0.2, 0.25) is 0 Å². The molecule has 5 nitrogen and oxygen atoms in total. The number of hydrogen-bond donors (Lipinski definition) is 1. The third kappa shape index (κ3) is 3.87. The van der Waals surface area contributed by atoms with Crippen LogP contribution in [0.3, 0.4) is 0 Å². The first-order valence-electron chi connectivity index (χ1n) is 5.59. The highest BCUT2D eigenvalue weighted by Crippen LogP contribution is 2.21. The van der Waals surface area contributed by atoms with E-state index >= 15 is 0 Å². The van der Waals surface area contributed by atoms with Gasteiger partial charge in [0.05, 0.1) is 6.04 Å². The molecule has 1 aromatic heterocycles. The molecule has 0 amide bonds. The Hall–Kier alpha value is -1.33. The van der Waals surface area contributed by atoms with Crippen molar-refractivity contribution in [1.29, 1.82) is 0 Å². The topological polar surface area (TPSA) is 56.9 Å². The molecule has 96 valence electrons. The van der Waals surface area contributed by atoms with Crippen molar-refractivity contribution in [3.8, 4) is 0 Å². The van der Waals surface area contributed by atoms with Gasteiger partial charge in [-0.15, -0.1) is 0 Å². The van der Waals surface area contributed by atoms with Crippen LogP contribution < -0.4 is 0 Å². The molecule has 0 aliphatic carbocycles. The Morgan fingerprint density at radius 2 is 2.00 bits per heavy atom. The van der Waals surface area contributed by atoms with Gasteiger partial charge in [-0.2, -0.15) is 0 Å². The zero-order valence-electron chi connectivity index (χ0n) is 10.8. The Balaban J connectivity index is 2.61. The predicted molar refractivity (Wildman–Crippen MR) is 65.3 cm³/mol. The molecule has 1 heterocycles. The molecule has 1 aromatic rings. The summed E-state index contributed by atoms with van der Waals surface area (Å²) in [7, 11) is 6.04. The number of nitrogens with zero attached hydrogens (tertiary/aromatic N) is 2. The van der Waals surface area contributed by atoms with E-state index in [9.17, 15) is 4.79 Å². The number of furan rings is 1. The van der Waals surface area contributed by atoms with Gasteiger partial charge in [-0.1, -0.05) is 0 Å². The van der Waals surface area contributed by atoms with Gasteiger partial charge < -0.3 is 14.4 Å². The highest BCUT2D eigenvalue weighted by atomic mass is 16.4. The summed E-state index contributed by atoms with van der Waals surface area (Å²) < 4.78 is 5.28. The molecule has 0 spiro atoms. The molecule has 1 N–H and O–H groups in total. The molecule has 0 saturated heterocycles. The van der Waals surface area contributed by atoms with E-state index in [4.69, 9.17) is 9.52 Å². The molecular weight excluding hydrogens is 220 g/mol. The molecular formula is C12H20N2O3. The fourth-order valence-corrected chi connectivity index (χ4v) is 1.46. The summed E-state index contributed by atoms with van der Waals surface area (Å²) in [4.78, 5) is 14.9. The number of rotatable bonds is 6. The van der Waals surface area contributed by atoms with E-state index in [0.717, 1.165) is 13.1 Å². The lowest BCUT2D eigenvalue weighted by atomic mass is 10.2. The first-order chi connectivity index (χ1) is 7.91. The first kappa shape index (κ1) is 13.7. The lowest BCUT2D eigenvalue weighted by molar-refractivity contribution is 0.0656. The standard InChI is InChI=1S/C12H20N2O3/c1-9(14(4)8-7-13(2)3)10-5-6-11(17-10)12(15)16/h5-6,9H,7-8H2,1-4H3,(H,15,16). The minimum atomic E-state index is -1.03. The number of carbonyl (C=O) groups is 1. The zero-order chi connectivity index (χ0) is 13.0. The smallest absolute Gasteiger partial charge is 0.371 e. The van der Waals surface area contributed by atoms with Crippen LogP contribution in [0.4, 0.5) is 0 Å². The third-order valence-electron chi connectivity index (χ3n) is 2.81. The van der Waals surface area contributed by atoms with E-state index < -0.39 is 5.97 Å². The molecule has 0 aliphatic rings. The van der Waals surface area contributed by atoms with E-state index in [0.29, 0.717) is 5.76 Å². The van der Waals surface area contributed by atoms with Crippen molar-refractivity contribution in [2.45, 2.75) is 13.0 Å². The molecule has 1 unspecified atom stereocenters. The number of aromatic carboxylic acids is 1. The minimum Gasteiger partial charge on any atom is -0.475 e. The largest absolute Gasteiger partial charge is 0.475 e. The Bertz CT molecular complexity index is 374. The Morgan fingerprint density at radius 3 is 2.47 bits per heavy atom. The third-order valence-corrected chi connectivity index (χ3v) is 2.81. The van der Waals surface area contributed by atoms with Gasteiger partial charge >= 0.3 is 5.97 Å². The van der Waals surface area contributed by atoms with Crippen molar-refractivity contribution in [2.24, 2.45) is 0 Å². The van der Waals surface area contributed by atoms with Crippen molar-refractivity contribution in [2.75, 3.05) is 34.2 Å². The second-order valence-corrected chi connectivity index (χ2v) is 4.47. The summed E-state index contributed by atoms with van der Waals surface area (Å²) in [6.07, 6.45) is 0. The van der Waals surface area contributed by atoms with Crippen LogP contribution in [0, 0.1) is 0 Å². The average Bonchev–Trinajstić information content (AvgIpc) is 2.73. The number of carboxylic acids is 1. The van der Waals surface area contributed by atoms with Crippen LogP contribution >= 0.6 is 0 Å². The van der Waals surface area contributed by atoms with E-state index in [1.807, 2.05) is 28.1 Å². The molecule has 1 atom stereocenters. The SMILES string of the molecule is CC(c1ccc(C(=O)O)o1)N(C)CCN(C)C. The van der Waals surface area contributed by atoms with Gasteiger partial charge in [0.25, 0.3) is 0 Å². The second-order valence-electron chi connectivity index (χ2n) is 4.47. The van der Waals surface area contributed by atoms with Crippen molar-refractivity contribution in [1.82, 2.24) is 9.80 Å². The summed E-state index contributed by atoms with van der Waals surface area (Å²) >= 11 is 0. The van der Waals surface area contributed by atoms with Crippen LogP contribution in [0.1, 0.15) is 29.3 Å². The van der Waals surface area contributed by atoms with Crippen molar-refractivity contribution >= 4 is 5.97 Å². The maximum atomic E-state index is 10.7. The van der Waals surface area contributed by atoms with E-state index in [1.165, 1.54) is 6.07 Å². The van der Waals surface area contributed by atoms with Gasteiger partial charge in [-0.3, -0.25) is 4.90 Å². The van der Waals surface area contributed by atoms with Crippen molar-refractivity contribution in [3.63, 3.8) is 0 Å². The lowest BCUT2D eigenvalue weighted by Gasteiger charge is -2.24. The summed E-state index contributed by atoms with van der Waals surface area (Å²) in [6, 6.07) is 3.29. The Morgan fingerprint density at radius 1 is 1.35 bits per heavy atom. The number of hydrogen-bond acceptors (Lipinski definition) is 4. The first-order valence-corrected chi connectivity index (χ1v) is 5.59. The van der Waals surface area contributed by atoms with Gasteiger partial charge in [0.15, 0.2) is 0 Å². The normalized spacial score (nSPS) is 13.3. The minimum absolute atomic E-state index is 0.00661. The van der Waals surface area contributed by atoms with Gasteiger partial charge in [-0.25, -0.2) is 4.79 Å². The number of likely N-dealkylation sites (N-methyl/N-ethyl adjacent to an activating group) is 2. The second kappa shape index (κ2) is 5.84. The molecule has 0 aliphatic heterocycles. The zero-order valence-corrected chi connectivity index (χ0v) is 10.8. The van der Waals surface area contributed by atoms with E-state index in [2.05, 4.69) is 9.80 Å². The lowest BCUT2D eigenvalue weighted by Crippen LogP contribution is -2.30. The van der Waals surface area contributed by atoms with Crippen LogP contribution in [0.25, 0.3) is 0 Å². The van der Waals surface area contributed by atoms with Gasteiger partial charge in [0.1, 0.15) is 5.76 Å². The fourth-order valence-electron chi connectivity index (χ4n) is 1.46. The molecule has 0 bridgehead atoms. The molecule has 17 heavy (non-hydrogen) atoms. The fraction of sp³-hybridized carbons (Fsp3) is 0.583. The Kier molecular flexibility index (Phi) is 4.72. The summed E-state index contributed by atoms with van der Waals surface area (Å²) in [5.74, 6) is -0.351. The van der Waals surface area contributed by atoms with Gasteiger partial charge in [0.2, 0.25) is 5.76 Å². The van der Waals surface area contributed by atoms with Crippen LogP contribution in [-0.2, 0) is 0 Å². The summed E-state index contributed by atoms with van der Waals surface area (Å²) in [6.45, 7) is 3.85. The van der Waals surface area contributed by atoms with E-state index in [-0.39, 0.29) is 11.8 Å². The van der Waals surface area contributed by atoms with E-state index in [1.54, 1.807) is 6.07 Å². The molecule has 1 rings (SSSR count). The highest BCUT2D eigenvalue weighted by Gasteiger charge is 2.17. The molecule has 0 saturated carbocycles. The van der Waals surface area contributed by atoms with Crippen LogP contribution in [0.15, 0.2) is 16.5 Å². The molecule has 0 radical (unpaired) electrons. The quantitative estimate of drug-likeness (QED) is 0.817. The van der Waals surface area contributed by atoms with Crippen molar-refractivity contribution < 1.29 is 14.3 Å². The number of carboxylic acid groups (broad SMARTS) is 1. The van der Waals surface area contributed by atoms with Crippen LogP contribution in [-0.4, -0.2) is 55.1 Å². The monoisotopic (exact) mass is 240 g/mol. The maximum Gasteiger partial charge on any atom is 0.371 e. The molecule has 5 heteroatoms. The summed E-state index contributed by atoms with van der Waals surface area (Å²) in [5.41, 5.74) is 0. The summed E-state index contributed by atoms with van der Waals surface area (Å²) in [5, 5.41) is 8.78. The van der Waals surface area contributed by atoms with Crippen LogP contribution in [0.5, 0.6) is 0 Å². The average molecular weight is 240 g/mol. The Labute approximate surface area is 102 Å².